The Morgan fingerprint density at radius 2 is 2.23 bits per heavy atom. The van der Waals surface area contributed by atoms with Crippen molar-refractivity contribution in [2.45, 2.75) is 23.3 Å². The van der Waals surface area contributed by atoms with Crippen molar-refractivity contribution in [3.63, 3.8) is 0 Å². The van der Waals surface area contributed by atoms with Gasteiger partial charge in [-0.15, -0.1) is 12.4 Å². The van der Waals surface area contributed by atoms with Crippen molar-refractivity contribution in [3.8, 4) is 0 Å². The topological polar surface area (TPSA) is 67.4 Å². The maximum atomic E-state index is 13.0. The van der Waals surface area contributed by atoms with Gasteiger partial charge < -0.3 is 10.1 Å². The Balaban J connectivity index is 0.00000242. The lowest BCUT2D eigenvalue weighted by Gasteiger charge is -2.28. The molecule has 1 aliphatic rings. The fourth-order valence-electron chi connectivity index (χ4n) is 2.47. The van der Waals surface area contributed by atoms with Crippen molar-refractivity contribution < 1.29 is 17.5 Å². The molecular weight excluding hydrogens is 354 g/mol. The maximum absolute atomic E-state index is 13.0. The van der Waals surface area contributed by atoms with Crippen LogP contribution in [0.2, 0.25) is 5.02 Å². The minimum atomic E-state index is -3.80. The Morgan fingerprint density at radius 1 is 1.50 bits per heavy atom. The third kappa shape index (κ3) is 4.53. The van der Waals surface area contributed by atoms with Gasteiger partial charge in [0.05, 0.1) is 17.2 Å². The van der Waals surface area contributed by atoms with Gasteiger partial charge in [-0.2, -0.15) is 0 Å². The molecule has 1 aromatic carbocycles. The molecule has 0 saturated carbocycles. The summed E-state index contributed by atoms with van der Waals surface area (Å²) in [6.45, 7) is 1.42. The first-order valence-corrected chi connectivity index (χ1v) is 8.43. The molecule has 5 nitrogen and oxygen atoms in total. The van der Waals surface area contributed by atoms with Crippen molar-refractivity contribution in [1.82, 2.24) is 10.0 Å². The summed E-state index contributed by atoms with van der Waals surface area (Å²) < 4.78 is 45.3. The quantitative estimate of drug-likeness (QED) is 0.800. The second kappa shape index (κ2) is 7.90. The number of nitrogens with one attached hydrogen (secondary N) is 2. The van der Waals surface area contributed by atoms with Gasteiger partial charge in [0, 0.05) is 13.7 Å². The lowest BCUT2D eigenvalue weighted by atomic mass is 9.99. The number of benzene rings is 1. The summed E-state index contributed by atoms with van der Waals surface area (Å²) in [6, 6.07) is 3.21. The van der Waals surface area contributed by atoms with Crippen molar-refractivity contribution in [2.75, 3.05) is 26.8 Å². The highest BCUT2D eigenvalue weighted by Gasteiger charge is 2.35. The predicted molar refractivity (Wildman–Crippen MR) is 85.7 cm³/mol. The van der Waals surface area contributed by atoms with E-state index < -0.39 is 21.4 Å². The van der Waals surface area contributed by atoms with Gasteiger partial charge in [-0.25, -0.2) is 17.5 Å². The Kier molecular flexibility index (Phi) is 7.04. The average Bonchev–Trinajstić information content (AvgIpc) is 2.86. The molecular formula is C13H19Cl2FN2O3S. The van der Waals surface area contributed by atoms with Crippen LogP contribution in [0.3, 0.4) is 0 Å². The zero-order chi connectivity index (χ0) is 15.5. The predicted octanol–water partition coefficient (Wildman–Crippen LogP) is 1.95. The van der Waals surface area contributed by atoms with Gasteiger partial charge in [-0.1, -0.05) is 11.6 Å². The molecule has 1 fully saturated rings. The van der Waals surface area contributed by atoms with Crippen LogP contribution in [-0.4, -0.2) is 40.8 Å². The Hall–Kier alpha value is -0.440. The Labute approximate surface area is 141 Å². The van der Waals surface area contributed by atoms with E-state index in [1.165, 1.54) is 0 Å². The fraction of sp³-hybridized carbons (Fsp3) is 0.538. The SMILES string of the molecule is COCC1(CNS(=O)(=O)c2ccc(F)cc2Cl)CCCN1.Cl. The van der Waals surface area contributed by atoms with Crippen LogP contribution in [0.1, 0.15) is 12.8 Å². The summed E-state index contributed by atoms with van der Waals surface area (Å²) in [5, 5.41) is 3.14. The number of hydrogen-bond acceptors (Lipinski definition) is 4. The van der Waals surface area contributed by atoms with Gasteiger partial charge in [0.15, 0.2) is 0 Å². The molecule has 1 unspecified atom stereocenters. The van der Waals surface area contributed by atoms with E-state index in [1.807, 2.05) is 0 Å². The number of methoxy groups -OCH3 is 1. The number of sulfonamides is 1. The van der Waals surface area contributed by atoms with Crippen LogP contribution < -0.4 is 10.0 Å². The maximum Gasteiger partial charge on any atom is 0.242 e. The largest absolute Gasteiger partial charge is 0.383 e. The van der Waals surface area contributed by atoms with Crippen LogP contribution in [0.15, 0.2) is 23.1 Å². The standard InChI is InChI=1S/C13H18ClFN2O3S.ClH/c1-20-9-13(5-2-6-16-13)8-17-21(18,19)12-4-3-10(15)7-11(12)14;/h3-4,7,16-17H,2,5-6,8-9H2,1H3;1H. The summed E-state index contributed by atoms with van der Waals surface area (Å²) in [4.78, 5) is -0.129. The molecule has 0 radical (unpaired) electrons. The lowest BCUT2D eigenvalue weighted by Crippen LogP contribution is -2.52. The monoisotopic (exact) mass is 372 g/mol. The highest BCUT2D eigenvalue weighted by molar-refractivity contribution is 7.89. The van der Waals surface area contributed by atoms with Crippen LogP contribution in [0, 0.1) is 5.82 Å². The lowest BCUT2D eigenvalue weighted by molar-refractivity contribution is 0.122. The van der Waals surface area contributed by atoms with Gasteiger partial charge in [-0.3, -0.25) is 0 Å². The molecule has 1 aliphatic heterocycles. The number of ether oxygens (including phenoxy) is 1. The molecule has 126 valence electrons. The van der Waals surface area contributed by atoms with Gasteiger partial charge in [0.25, 0.3) is 0 Å². The molecule has 0 aliphatic carbocycles. The van der Waals surface area contributed by atoms with E-state index in [2.05, 4.69) is 10.0 Å². The zero-order valence-electron chi connectivity index (χ0n) is 12.1. The van der Waals surface area contributed by atoms with Gasteiger partial charge >= 0.3 is 0 Å². The Bertz CT molecular complexity index is 607. The van der Waals surface area contributed by atoms with Crippen molar-refractivity contribution >= 4 is 34.0 Å². The number of rotatable bonds is 6. The molecule has 1 atom stereocenters. The third-order valence-corrected chi connectivity index (χ3v) is 5.42. The molecule has 1 saturated heterocycles. The van der Waals surface area contributed by atoms with E-state index in [9.17, 15) is 12.8 Å². The first-order chi connectivity index (χ1) is 9.88. The summed E-state index contributed by atoms with van der Waals surface area (Å²) in [7, 11) is -2.22. The molecule has 9 heteroatoms. The normalized spacial score (nSPS) is 21.6. The molecule has 0 bridgehead atoms. The third-order valence-electron chi connectivity index (χ3n) is 3.54. The first kappa shape index (κ1) is 19.6. The molecule has 0 aromatic heterocycles. The van der Waals surface area contributed by atoms with Crippen molar-refractivity contribution in [2.24, 2.45) is 0 Å². The molecule has 22 heavy (non-hydrogen) atoms. The van der Waals surface area contributed by atoms with Gasteiger partial charge in [0.2, 0.25) is 10.0 Å². The summed E-state index contributed by atoms with van der Waals surface area (Å²) >= 11 is 5.81. The van der Waals surface area contributed by atoms with Crippen LogP contribution >= 0.6 is 24.0 Å². The van der Waals surface area contributed by atoms with Gasteiger partial charge in [-0.05, 0) is 37.6 Å². The summed E-state index contributed by atoms with van der Waals surface area (Å²) in [5.41, 5.74) is -0.408. The average molecular weight is 373 g/mol. The second-order valence-electron chi connectivity index (χ2n) is 5.14. The van der Waals surface area contributed by atoms with E-state index in [0.717, 1.165) is 37.6 Å². The minimum absolute atomic E-state index is 0. The molecule has 2 rings (SSSR count). The minimum Gasteiger partial charge on any atom is -0.383 e. The zero-order valence-corrected chi connectivity index (χ0v) is 14.5. The van der Waals surface area contributed by atoms with E-state index in [4.69, 9.17) is 16.3 Å². The number of hydrogen-bond donors (Lipinski definition) is 2. The van der Waals surface area contributed by atoms with E-state index in [0.29, 0.717) is 6.61 Å². The first-order valence-electron chi connectivity index (χ1n) is 6.57. The highest BCUT2D eigenvalue weighted by atomic mass is 35.5. The molecule has 0 amide bonds. The molecule has 0 spiro atoms. The number of halogens is 3. The van der Waals surface area contributed by atoms with E-state index >= 15 is 0 Å². The second-order valence-corrected chi connectivity index (χ2v) is 7.29. The molecule has 1 heterocycles. The van der Waals surface area contributed by atoms with Crippen LogP contribution in [0.25, 0.3) is 0 Å². The van der Waals surface area contributed by atoms with Crippen LogP contribution in [-0.2, 0) is 14.8 Å². The van der Waals surface area contributed by atoms with Crippen molar-refractivity contribution in [3.05, 3.63) is 29.0 Å². The fourth-order valence-corrected chi connectivity index (χ4v) is 4.13. The highest BCUT2D eigenvalue weighted by Crippen LogP contribution is 2.24. The van der Waals surface area contributed by atoms with Gasteiger partial charge in [0.1, 0.15) is 10.7 Å². The van der Waals surface area contributed by atoms with Crippen LogP contribution in [0.5, 0.6) is 0 Å². The van der Waals surface area contributed by atoms with Crippen LogP contribution in [0.4, 0.5) is 4.39 Å². The summed E-state index contributed by atoms with van der Waals surface area (Å²) in [6.07, 6.45) is 1.78. The summed E-state index contributed by atoms with van der Waals surface area (Å²) in [5.74, 6) is -0.577. The molecule has 1 aromatic rings. The molecule has 2 N–H and O–H groups in total. The van der Waals surface area contributed by atoms with E-state index in [1.54, 1.807) is 7.11 Å². The van der Waals surface area contributed by atoms with Crippen molar-refractivity contribution in [1.29, 1.82) is 0 Å². The van der Waals surface area contributed by atoms with E-state index in [-0.39, 0.29) is 28.9 Å². The Morgan fingerprint density at radius 3 is 2.77 bits per heavy atom. The smallest absolute Gasteiger partial charge is 0.242 e.